The third kappa shape index (κ3) is 4.18. The lowest BCUT2D eigenvalue weighted by atomic mass is 9.44. The molecule has 0 aliphatic heterocycles. The highest BCUT2D eigenvalue weighted by Gasteiger charge is 2.64. The molecule has 0 saturated heterocycles. The maximum absolute atomic E-state index is 11.6. The lowest BCUT2D eigenvalue weighted by molar-refractivity contribution is -0.157. The lowest BCUT2D eigenvalue weighted by Crippen LogP contribution is -2.60. The van der Waals surface area contributed by atoms with Crippen LogP contribution in [-0.4, -0.2) is 16.9 Å². The number of hydrogen-bond acceptors (Lipinski definition) is 2. The maximum Gasteiger partial charge on any atom is 0.302 e. The molecule has 4 aliphatic rings. The van der Waals surface area contributed by atoms with Crippen molar-refractivity contribution in [1.29, 1.82) is 0 Å². The Hall–Kier alpha value is -0.240. The van der Waals surface area contributed by atoms with Crippen LogP contribution >= 0.6 is 11.6 Å². The van der Waals surface area contributed by atoms with Gasteiger partial charge in [0.1, 0.15) is 6.10 Å². The topological polar surface area (TPSA) is 26.3 Å². The van der Waals surface area contributed by atoms with Crippen LogP contribution in [-0.2, 0) is 9.53 Å². The summed E-state index contributed by atoms with van der Waals surface area (Å²) in [6.07, 6.45) is 15.2. The van der Waals surface area contributed by atoms with E-state index in [1.54, 1.807) is 0 Å². The van der Waals surface area contributed by atoms with Gasteiger partial charge >= 0.3 is 5.97 Å². The van der Waals surface area contributed by atoms with E-state index in [0.717, 1.165) is 61.2 Å². The zero-order valence-corrected chi connectivity index (χ0v) is 22.5. The minimum atomic E-state index is -0.192. The van der Waals surface area contributed by atoms with Gasteiger partial charge in [-0.05, 0) is 97.7 Å². The highest BCUT2D eigenvalue weighted by Crippen LogP contribution is 2.70. The van der Waals surface area contributed by atoms with Crippen molar-refractivity contribution in [3.05, 3.63) is 0 Å². The minimum absolute atomic E-state index is 0.0195. The quantitative estimate of drug-likeness (QED) is 0.291. The van der Waals surface area contributed by atoms with Crippen molar-refractivity contribution in [2.45, 2.75) is 130 Å². The van der Waals surface area contributed by atoms with Crippen molar-refractivity contribution < 1.29 is 9.53 Å². The average molecular weight is 465 g/mol. The Bertz CT molecular complexity index is 691. The van der Waals surface area contributed by atoms with Gasteiger partial charge in [0.05, 0.1) is 4.87 Å². The standard InChI is InChI=1S/C29H49ClO2/c1-19(2)8-7-9-20(3)24-10-11-25-23-13-17-29(30)18-22(32-21(4)31)12-16-28(29,6)26(23)14-15-27(24,25)5/h19-20,22-26H,7-18H2,1-6H3/t20-,22-,23+,24-,25+,26+,27-,28-,29-/m1/s1. The fourth-order valence-corrected chi connectivity index (χ4v) is 10.0. The molecule has 0 aromatic rings. The van der Waals surface area contributed by atoms with E-state index in [4.69, 9.17) is 16.3 Å². The molecule has 32 heavy (non-hydrogen) atoms. The third-order valence-electron chi connectivity index (χ3n) is 11.2. The molecule has 184 valence electrons. The molecular weight excluding hydrogens is 416 g/mol. The predicted octanol–water partition coefficient (Wildman–Crippen LogP) is 8.40. The summed E-state index contributed by atoms with van der Waals surface area (Å²) in [6.45, 7) is 14.0. The van der Waals surface area contributed by atoms with Crippen molar-refractivity contribution >= 4 is 17.6 Å². The molecule has 4 aliphatic carbocycles. The fraction of sp³-hybridized carbons (Fsp3) is 0.966. The molecule has 2 nitrogen and oxygen atoms in total. The van der Waals surface area contributed by atoms with Gasteiger partial charge in [0.15, 0.2) is 0 Å². The second-order valence-corrected chi connectivity index (χ2v) is 14.0. The summed E-state index contributed by atoms with van der Waals surface area (Å²) in [7, 11) is 0. The zero-order valence-electron chi connectivity index (χ0n) is 21.7. The van der Waals surface area contributed by atoms with E-state index >= 15 is 0 Å². The Morgan fingerprint density at radius 3 is 2.41 bits per heavy atom. The number of carbonyl (C=O) groups is 1. The van der Waals surface area contributed by atoms with Crippen molar-refractivity contribution in [3.63, 3.8) is 0 Å². The molecule has 0 N–H and O–H groups in total. The van der Waals surface area contributed by atoms with Crippen molar-refractivity contribution in [2.75, 3.05) is 0 Å². The van der Waals surface area contributed by atoms with E-state index in [0.29, 0.717) is 5.41 Å². The molecule has 0 heterocycles. The normalized spacial score (nSPS) is 46.8. The molecule has 0 amide bonds. The highest BCUT2D eigenvalue weighted by atomic mass is 35.5. The number of esters is 1. The average Bonchev–Trinajstić information content (AvgIpc) is 3.05. The highest BCUT2D eigenvalue weighted by molar-refractivity contribution is 6.24. The fourth-order valence-electron chi connectivity index (χ4n) is 9.52. The smallest absolute Gasteiger partial charge is 0.302 e. The van der Waals surface area contributed by atoms with Crippen LogP contribution in [0.5, 0.6) is 0 Å². The van der Waals surface area contributed by atoms with Gasteiger partial charge in [-0.15, -0.1) is 11.6 Å². The number of fused-ring (bicyclic) bond motifs is 5. The molecule has 3 heteroatoms. The van der Waals surface area contributed by atoms with E-state index < -0.39 is 0 Å². The lowest BCUT2D eigenvalue weighted by Gasteiger charge is -2.64. The number of carbonyl (C=O) groups excluding carboxylic acids is 1. The van der Waals surface area contributed by atoms with Gasteiger partial charge < -0.3 is 4.74 Å². The third-order valence-corrected chi connectivity index (χ3v) is 12.0. The Morgan fingerprint density at radius 2 is 1.72 bits per heavy atom. The SMILES string of the molecule is CC(=O)O[C@@H]1CC[C@]2(C)[C@H]3CC[C@]4(C)[C@@H]([C@H](C)CCCC(C)C)CC[C@H]4[C@@H]3CC[C@@]2(Cl)C1. The summed E-state index contributed by atoms with van der Waals surface area (Å²) in [5.41, 5.74) is 0.729. The Morgan fingerprint density at radius 1 is 0.969 bits per heavy atom. The second-order valence-electron chi connectivity index (χ2n) is 13.3. The maximum atomic E-state index is 11.6. The summed E-state index contributed by atoms with van der Waals surface area (Å²) < 4.78 is 5.64. The molecule has 4 fully saturated rings. The molecule has 0 radical (unpaired) electrons. The first kappa shape index (κ1) is 24.9. The second kappa shape index (κ2) is 9.09. The molecule has 0 bridgehead atoms. The van der Waals surface area contributed by atoms with E-state index in [1.807, 2.05) is 0 Å². The summed E-state index contributed by atoms with van der Waals surface area (Å²) in [4.78, 5) is 11.4. The molecule has 4 saturated carbocycles. The first-order valence-corrected chi connectivity index (χ1v) is 14.2. The molecule has 0 aromatic heterocycles. The van der Waals surface area contributed by atoms with Crippen LogP contribution in [0.2, 0.25) is 0 Å². The zero-order chi connectivity index (χ0) is 23.3. The van der Waals surface area contributed by atoms with Gasteiger partial charge in [0.2, 0.25) is 0 Å². The number of ether oxygens (including phenoxy) is 1. The van der Waals surface area contributed by atoms with Gasteiger partial charge in [-0.25, -0.2) is 0 Å². The minimum Gasteiger partial charge on any atom is -0.462 e. The van der Waals surface area contributed by atoms with Crippen LogP contribution in [0.15, 0.2) is 0 Å². The number of hydrogen-bond donors (Lipinski definition) is 0. The van der Waals surface area contributed by atoms with Crippen LogP contribution in [0, 0.1) is 46.3 Å². The van der Waals surface area contributed by atoms with Crippen molar-refractivity contribution in [3.8, 4) is 0 Å². The Labute approximate surface area is 203 Å². The van der Waals surface area contributed by atoms with Crippen molar-refractivity contribution in [2.24, 2.45) is 46.3 Å². The first-order valence-electron chi connectivity index (χ1n) is 13.9. The van der Waals surface area contributed by atoms with Crippen LogP contribution in [0.3, 0.4) is 0 Å². The molecular formula is C29H49ClO2. The molecule has 0 unspecified atom stereocenters. The molecule has 0 spiro atoms. The number of halogens is 1. The summed E-state index contributed by atoms with van der Waals surface area (Å²) in [6, 6.07) is 0. The van der Waals surface area contributed by atoms with Gasteiger partial charge in [-0.3, -0.25) is 4.79 Å². The monoisotopic (exact) mass is 464 g/mol. The Balaban J connectivity index is 1.47. The number of alkyl halides is 1. The largest absolute Gasteiger partial charge is 0.462 e. The van der Waals surface area contributed by atoms with Crippen LogP contribution < -0.4 is 0 Å². The van der Waals surface area contributed by atoms with E-state index in [2.05, 4.69) is 34.6 Å². The molecule has 0 aromatic carbocycles. The Kier molecular flexibility index (Phi) is 7.06. The summed E-state index contributed by atoms with van der Waals surface area (Å²) in [5, 5.41) is 0. The van der Waals surface area contributed by atoms with Gasteiger partial charge in [-0.1, -0.05) is 53.9 Å². The van der Waals surface area contributed by atoms with Gasteiger partial charge in [-0.2, -0.15) is 0 Å². The van der Waals surface area contributed by atoms with Gasteiger partial charge in [0, 0.05) is 13.3 Å². The van der Waals surface area contributed by atoms with E-state index in [1.165, 1.54) is 58.3 Å². The van der Waals surface area contributed by atoms with Crippen LogP contribution in [0.4, 0.5) is 0 Å². The van der Waals surface area contributed by atoms with Crippen LogP contribution in [0.25, 0.3) is 0 Å². The summed E-state index contributed by atoms with van der Waals surface area (Å²) in [5.74, 6) is 4.95. The number of rotatable bonds is 6. The summed E-state index contributed by atoms with van der Waals surface area (Å²) >= 11 is 7.46. The van der Waals surface area contributed by atoms with E-state index in [9.17, 15) is 4.79 Å². The van der Waals surface area contributed by atoms with Crippen molar-refractivity contribution in [1.82, 2.24) is 0 Å². The van der Waals surface area contributed by atoms with Crippen LogP contribution in [0.1, 0.15) is 119 Å². The van der Waals surface area contributed by atoms with E-state index in [-0.39, 0.29) is 22.4 Å². The molecule has 4 rings (SSSR count). The molecule has 9 atom stereocenters. The predicted molar refractivity (Wildman–Crippen MR) is 134 cm³/mol. The van der Waals surface area contributed by atoms with Gasteiger partial charge in [0.25, 0.3) is 0 Å². The first-order chi connectivity index (χ1) is 15.0.